The van der Waals surface area contributed by atoms with Crippen LogP contribution in [0.5, 0.6) is 0 Å². The molecule has 3 heterocycles. The molecule has 5 rings (SSSR count). The van der Waals surface area contributed by atoms with Gasteiger partial charge in [-0.25, -0.2) is 9.37 Å². The van der Waals surface area contributed by atoms with Crippen LogP contribution < -0.4 is 10.9 Å². The quantitative estimate of drug-likeness (QED) is 0.435. The summed E-state index contributed by atoms with van der Waals surface area (Å²) in [5.74, 6) is -0.610. The Morgan fingerprint density at radius 3 is 2.53 bits per heavy atom. The molecule has 0 radical (unpaired) electrons. The summed E-state index contributed by atoms with van der Waals surface area (Å²) in [6, 6.07) is 15.3. The maximum Gasteiger partial charge on any atom is 0.271 e. The summed E-state index contributed by atoms with van der Waals surface area (Å²) in [5, 5.41) is 13.4. The topological polar surface area (TPSA) is 91.0 Å². The van der Waals surface area contributed by atoms with Crippen LogP contribution >= 0.6 is 11.3 Å². The van der Waals surface area contributed by atoms with Crippen molar-refractivity contribution < 1.29 is 13.6 Å². The minimum absolute atomic E-state index is 0.00875. The molecule has 1 amide bonds. The molecule has 1 saturated heterocycles. The number of benzene rings is 2. The molecule has 4 aromatic rings. The van der Waals surface area contributed by atoms with Crippen LogP contribution in [0, 0.1) is 22.4 Å². The standard InChI is InChI=1S/C26H21F2N5O2S/c27-17-7-5-16(6-8-17)15-33-21-4-2-1-3-19(21)23(20(13-29)24(33)34)31-18-9-11-32(12-10-18)25(35)22-14-30-26(28)36-22/h1-8,14,18,31H,9-12,15H2. The number of nitrogens with zero attached hydrogens (tertiary/aromatic N) is 4. The number of para-hydroxylation sites is 1. The first-order valence-corrected chi connectivity index (χ1v) is 12.2. The number of carbonyl (C=O) groups is 1. The Balaban J connectivity index is 1.41. The Labute approximate surface area is 209 Å². The van der Waals surface area contributed by atoms with E-state index in [0.29, 0.717) is 37.1 Å². The lowest BCUT2D eigenvalue weighted by Crippen LogP contribution is -2.42. The summed E-state index contributed by atoms with van der Waals surface area (Å²) in [7, 11) is 0. The average Bonchev–Trinajstić information content (AvgIpc) is 3.34. The van der Waals surface area contributed by atoms with Crippen molar-refractivity contribution in [3.05, 3.63) is 92.2 Å². The molecule has 36 heavy (non-hydrogen) atoms. The predicted molar refractivity (Wildman–Crippen MR) is 133 cm³/mol. The van der Waals surface area contributed by atoms with Crippen LogP contribution in [0.1, 0.15) is 33.6 Å². The van der Waals surface area contributed by atoms with Gasteiger partial charge in [-0.05, 0) is 36.6 Å². The smallest absolute Gasteiger partial charge is 0.271 e. The zero-order valence-electron chi connectivity index (χ0n) is 19.1. The maximum atomic E-state index is 13.4. The summed E-state index contributed by atoms with van der Waals surface area (Å²) >= 11 is 0.727. The molecule has 1 fully saturated rings. The summed E-state index contributed by atoms with van der Waals surface area (Å²) in [5.41, 5.74) is 1.46. The second-order valence-corrected chi connectivity index (χ2v) is 9.57. The molecule has 1 aliphatic heterocycles. The van der Waals surface area contributed by atoms with E-state index in [0.717, 1.165) is 22.3 Å². The van der Waals surface area contributed by atoms with Crippen molar-refractivity contribution in [1.82, 2.24) is 14.5 Å². The van der Waals surface area contributed by atoms with Crippen molar-refractivity contribution in [3.8, 4) is 6.07 Å². The highest BCUT2D eigenvalue weighted by Crippen LogP contribution is 2.28. The number of anilines is 1. The van der Waals surface area contributed by atoms with E-state index in [1.807, 2.05) is 24.3 Å². The number of thiazole rings is 1. The molecule has 0 saturated carbocycles. The molecule has 2 aromatic heterocycles. The Morgan fingerprint density at radius 2 is 1.86 bits per heavy atom. The number of piperidine rings is 1. The molecule has 0 spiro atoms. The van der Waals surface area contributed by atoms with Crippen LogP contribution in [0.4, 0.5) is 14.5 Å². The second-order valence-electron chi connectivity index (χ2n) is 8.58. The largest absolute Gasteiger partial charge is 0.380 e. The third kappa shape index (κ3) is 4.57. The fourth-order valence-electron chi connectivity index (χ4n) is 4.53. The van der Waals surface area contributed by atoms with Gasteiger partial charge in [0.1, 0.15) is 22.3 Å². The molecule has 2 aromatic carbocycles. The monoisotopic (exact) mass is 505 g/mol. The lowest BCUT2D eigenvalue weighted by atomic mass is 10.0. The highest BCUT2D eigenvalue weighted by atomic mass is 32.1. The predicted octanol–water partition coefficient (Wildman–Crippen LogP) is 4.37. The fourth-order valence-corrected chi connectivity index (χ4v) is 5.14. The minimum atomic E-state index is -0.639. The molecule has 1 aliphatic rings. The molecule has 10 heteroatoms. The van der Waals surface area contributed by atoms with Crippen LogP contribution in [-0.4, -0.2) is 39.5 Å². The first kappa shape index (κ1) is 23.6. The van der Waals surface area contributed by atoms with Crippen LogP contribution in [0.25, 0.3) is 10.9 Å². The zero-order valence-corrected chi connectivity index (χ0v) is 19.9. The number of amides is 1. The zero-order chi connectivity index (χ0) is 25.2. The van der Waals surface area contributed by atoms with E-state index in [9.17, 15) is 23.6 Å². The van der Waals surface area contributed by atoms with Gasteiger partial charge in [0.05, 0.1) is 23.9 Å². The van der Waals surface area contributed by atoms with Crippen molar-refractivity contribution in [2.45, 2.75) is 25.4 Å². The van der Waals surface area contributed by atoms with Crippen molar-refractivity contribution in [3.63, 3.8) is 0 Å². The molecule has 182 valence electrons. The lowest BCUT2D eigenvalue weighted by molar-refractivity contribution is 0.0723. The van der Waals surface area contributed by atoms with Gasteiger partial charge >= 0.3 is 0 Å². The van der Waals surface area contributed by atoms with E-state index in [2.05, 4.69) is 16.4 Å². The van der Waals surface area contributed by atoms with Crippen LogP contribution in [0.3, 0.4) is 0 Å². The van der Waals surface area contributed by atoms with E-state index in [-0.39, 0.29) is 34.8 Å². The molecular formula is C26H21F2N5O2S. The first-order chi connectivity index (χ1) is 17.4. The molecule has 0 atom stereocenters. The van der Waals surface area contributed by atoms with Gasteiger partial charge in [-0.1, -0.05) is 41.7 Å². The Morgan fingerprint density at radius 1 is 1.14 bits per heavy atom. The summed E-state index contributed by atoms with van der Waals surface area (Å²) in [4.78, 5) is 31.4. The third-order valence-electron chi connectivity index (χ3n) is 6.36. The van der Waals surface area contributed by atoms with Gasteiger partial charge in [0.2, 0.25) is 0 Å². The van der Waals surface area contributed by atoms with Crippen molar-refractivity contribution in [2.75, 3.05) is 18.4 Å². The van der Waals surface area contributed by atoms with E-state index >= 15 is 0 Å². The normalized spacial score (nSPS) is 14.1. The highest BCUT2D eigenvalue weighted by molar-refractivity contribution is 7.12. The SMILES string of the molecule is N#Cc1c(NC2CCN(C(=O)c3cnc(F)s3)CC2)c2ccccc2n(Cc2ccc(F)cc2)c1=O. The molecule has 0 bridgehead atoms. The van der Waals surface area contributed by atoms with Gasteiger partial charge in [-0.3, -0.25) is 9.59 Å². The maximum absolute atomic E-state index is 13.4. The van der Waals surface area contributed by atoms with Gasteiger partial charge in [-0.15, -0.1) is 0 Å². The molecule has 0 unspecified atom stereocenters. The third-order valence-corrected chi connectivity index (χ3v) is 7.13. The van der Waals surface area contributed by atoms with Crippen molar-refractivity contribution in [2.24, 2.45) is 0 Å². The molecule has 1 N–H and O–H groups in total. The molecule has 7 nitrogen and oxygen atoms in total. The number of carbonyl (C=O) groups excluding carboxylic acids is 1. The summed E-state index contributed by atoms with van der Waals surface area (Å²) in [6.45, 7) is 1.11. The number of nitrogens with one attached hydrogen (secondary N) is 1. The van der Waals surface area contributed by atoms with Gasteiger partial charge in [0.25, 0.3) is 16.7 Å². The minimum Gasteiger partial charge on any atom is -0.380 e. The number of fused-ring (bicyclic) bond motifs is 1. The summed E-state index contributed by atoms with van der Waals surface area (Å²) < 4.78 is 28.1. The second kappa shape index (κ2) is 9.87. The number of aromatic nitrogens is 2. The van der Waals surface area contributed by atoms with Crippen molar-refractivity contribution >= 4 is 33.8 Å². The number of halogens is 2. The first-order valence-electron chi connectivity index (χ1n) is 11.4. The number of hydrogen-bond donors (Lipinski definition) is 1. The molecular weight excluding hydrogens is 484 g/mol. The fraction of sp³-hybridized carbons (Fsp3) is 0.231. The van der Waals surface area contributed by atoms with E-state index in [4.69, 9.17) is 0 Å². The van der Waals surface area contributed by atoms with Gasteiger partial charge in [0, 0.05) is 24.5 Å². The lowest BCUT2D eigenvalue weighted by Gasteiger charge is -2.33. The van der Waals surface area contributed by atoms with Crippen LogP contribution in [0.15, 0.2) is 59.5 Å². The van der Waals surface area contributed by atoms with E-state index in [1.165, 1.54) is 22.9 Å². The van der Waals surface area contributed by atoms with Gasteiger partial charge < -0.3 is 14.8 Å². The van der Waals surface area contributed by atoms with Gasteiger partial charge in [0.15, 0.2) is 0 Å². The van der Waals surface area contributed by atoms with Gasteiger partial charge in [-0.2, -0.15) is 9.65 Å². The van der Waals surface area contributed by atoms with E-state index < -0.39 is 10.8 Å². The Bertz CT molecular complexity index is 1530. The number of nitriles is 1. The Kier molecular flexibility index (Phi) is 6.48. The number of rotatable bonds is 5. The molecule has 0 aliphatic carbocycles. The number of pyridine rings is 1. The van der Waals surface area contributed by atoms with Crippen LogP contribution in [0.2, 0.25) is 0 Å². The van der Waals surface area contributed by atoms with Crippen LogP contribution in [-0.2, 0) is 6.54 Å². The number of hydrogen-bond acceptors (Lipinski definition) is 6. The highest BCUT2D eigenvalue weighted by Gasteiger charge is 2.27. The number of likely N-dealkylation sites (tertiary alicyclic amines) is 1. The van der Waals surface area contributed by atoms with E-state index in [1.54, 1.807) is 17.0 Å². The summed E-state index contributed by atoms with van der Waals surface area (Å²) in [6.07, 6.45) is 2.45. The Hall–Kier alpha value is -4.10. The van der Waals surface area contributed by atoms with Crippen molar-refractivity contribution in [1.29, 1.82) is 5.26 Å². The average molecular weight is 506 g/mol.